The molecule has 4 aliphatic rings. The van der Waals surface area contributed by atoms with Crippen molar-refractivity contribution in [3.05, 3.63) is 47.2 Å². The van der Waals surface area contributed by atoms with Gasteiger partial charge in [0.1, 0.15) is 5.82 Å². The van der Waals surface area contributed by atoms with Gasteiger partial charge in [-0.2, -0.15) is 0 Å². The molecule has 0 aromatic rings. The van der Waals surface area contributed by atoms with Gasteiger partial charge >= 0.3 is 0 Å². The summed E-state index contributed by atoms with van der Waals surface area (Å²) < 4.78 is 5.93. The van der Waals surface area contributed by atoms with Gasteiger partial charge in [-0.15, -0.1) is 0 Å². The second-order valence-corrected chi connectivity index (χ2v) is 9.03. The van der Waals surface area contributed by atoms with Crippen LogP contribution in [0.1, 0.15) is 46.0 Å². The van der Waals surface area contributed by atoms with E-state index in [4.69, 9.17) is 10.6 Å². The molecule has 31 heavy (non-hydrogen) atoms. The van der Waals surface area contributed by atoms with E-state index in [0.717, 1.165) is 80.2 Å². The molecule has 1 spiro atoms. The lowest BCUT2D eigenvalue weighted by molar-refractivity contribution is -0.129. The first kappa shape index (κ1) is 21.5. The molecular weight excluding hydrogens is 392 g/mol. The van der Waals surface area contributed by atoms with E-state index in [2.05, 4.69) is 38.6 Å². The Bertz CT molecular complexity index is 861. The van der Waals surface area contributed by atoms with Crippen LogP contribution in [-0.2, 0) is 9.53 Å². The first-order valence-electron chi connectivity index (χ1n) is 11.2. The third kappa shape index (κ3) is 4.35. The fraction of sp³-hybridized carbons (Fsp3) is 0.565. The van der Waals surface area contributed by atoms with Gasteiger partial charge < -0.3 is 25.7 Å². The van der Waals surface area contributed by atoms with E-state index in [1.165, 1.54) is 0 Å². The van der Waals surface area contributed by atoms with Gasteiger partial charge in [-0.05, 0) is 57.3 Å². The number of likely N-dealkylation sites (tertiary alicyclic amines) is 1. The van der Waals surface area contributed by atoms with Gasteiger partial charge in [0.05, 0.1) is 29.7 Å². The molecule has 0 unspecified atom stereocenters. The van der Waals surface area contributed by atoms with E-state index in [1.807, 2.05) is 19.9 Å². The lowest BCUT2D eigenvalue weighted by atomic mass is 9.77. The number of aliphatic imine (C=N–C) groups is 1. The number of ether oxygens (including phenoxy) is 1. The third-order valence-corrected chi connectivity index (χ3v) is 6.71. The van der Waals surface area contributed by atoms with Gasteiger partial charge in [0.15, 0.2) is 0 Å². The van der Waals surface area contributed by atoms with Crippen molar-refractivity contribution >= 4 is 12.2 Å². The van der Waals surface area contributed by atoms with Crippen molar-refractivity contribution in [2.75, 3.05) is 19.6 Å². The van der Waals surface area contributed by atoms with Gasteiger partial charge in [0.2, 0.25) is 5.91 Å². The monoisotopic (exact) mass is 426 g/mol. The molecule has 0 aromatic carbocycles. The molecule has 0 aromatic heterocycles. The van der Waals surface area contributed by atoms with E-state index in [-0.39, 0.29) is 23.5 Å². The standard InChI is InChI=1S/C23H34N6O2/c1-15(2)31-17-4-5-19(28-24)18(12-17)16(3)20-13-21(27-14-26-20)29-10-7-23(8-11-29)6-9-25-22(23)30/h12-15,20,28H,3-11,24H2,1-2H3,(H,25,30)(H,26,27)/t20-/m1/s1. The van der Waals surface area contributed by atoms with Crippen LogP contribution in [0.15, 0.2) is 52.1 Å². The molecule has 0 bridgehead atoms. The van der Waals surface area contributed by atoms with E-state index < -0.39 is 0 Å². The van der Waals surface area contributed by atoms with Crippen molar-refractivity contribution in [2.45, 2.75) is 58.1 Å². The predicted molar refractivity (Wildman–Crippen MR) is 121 cm³/mol. The van der Waals surface area contributed by atoms with Crippen molar-refractivity contribution in [1.29, 1.82) is 0 Å². The first-order valence-corrected chi connectivity index (χ1v) is 11.2. The molecule has 4 rings (SSSR count). The molecule has 2 fully saturated rings. The molecule has 0 radical (unpaired) electrons. The summed E-state index contributed by atoms with van der Waals surface area (Å²) in [7, 11) is 0. The van der Waals surface area contributed by atoms with Crippen LogP contribution in [0, 0.1) is 5.41 Å². The molecule has 3 heterocycles. The van der Waals surface area contributed by atoms with E-state index >= 15 is 0 Å². The molecule has 1 aliphatic carbocycles. The van der Waals surface area contributed by atoms with Crippen LogP contribution in [0.2, 0.25) is 0 Å². The minimum atomic E-state index is -0.185. The zero-order valence-electron chi connectivity index (χ0n) is 18.5. The van der Waals surface area contributed by atoms with E-state index in [0.29, 0.717) is 0 Å². The second kappa shape index (κ2) is 8.78. The summed E-state index contributed by atoms with van der Waals surface area (Å²) in [6.45, 7) is 10.9. The number of rotatable bonds is 6. The minimum absolute atomic E-state index is 0.126. The van der Waals surface area contributed by atoms with Gasteiger partial charge in [-0.25, -0.2) is 0 Å². The van der Waals surface area contributed by atoms with Crippen molar-refractivity contribution < 1.29 is 9.53 Å². The normalized spacial score (nSPS) is 25.2. The molecule has 1 amide bonds. The minimum Gasteiger partial charge on any atom is -0.495 e. The van der Waals surface area contributed by atoms with E-state index in [9.17, 15) is 4.79 Å². The summed E-state index contributed by atoms with van der Waals surface area (Å²) in [5.41, 5.74) is 5.47. The zero-order chi connectivity index (χ0) is 22.0. The smallest absolute Gasteiger partial charge is 0.226 e. The number of hydrazine groups is 1. The maximum atomic E-state index is 12.3. The van der Waals surface area contributed by atoms with Gasteiger partial charge in [-0.1, -0.05) is 6.58 Å². The van der Waals surface area contributed by atoms with Gasteiger partial charge in [0, 0.05) is 37.3 Å². The Balaban J connectivity index is 1.48. The van der Waals surface area contributed by atoms with Crippen molar-refractivity contribution in [3.8, 4) is 0 Å². The average molecular weight is 427 g/mol. The van der Waals surface area contributed by atoms with Crippen LogP contribution in [0.4, 0.5) is 0 Å². The zero-order valence-corrected chi connectivity index (χ0v) is 18.5. The Morgan fingerprint density at radius 1 is 1.35 bits per heavy atom. The third-order valence-electron chi connectivity index (χ3n) is 6.71. The summed E-state index contributed by atoms with van der Waals surface area (Å²) in [5, 5.41) is 6.28. The highest BCUT2D eigenvalue weighted by Crippen LogP contribution is 2.39. The largest absolute Gasteiger partial charge is 0.495 e. The fourth-order valence-corrected chi connectivity index (χ4v) is 4.88. The summed E-state index contributed by atoms with van der Waals surface area (Å²) in [5.74, 6) is 7.99. The maximum Gasteiger partial charge on any atom is 0.226 e. The Hall–Kier alpha value is -2.74. The summed E-state index contributed by atoms with van der Waals surface area (Å²) in [6, 6.07) is -0.185. The number of hydrogen-bond donors (Lipinski definition) is 4. The summed E-state index contributed by atoms with van der Waals surface area (Å²) in [6.07, 6.45) is 10.3. The SMILES string of the molecule is C=C(C1=C(NN)CCC(OC(C)C)=C1)[C@H]1C=C(N2CCC3(CCNC3=O)CC2)NC=N1. The first-order chi connectivity index (χ1) is 14.9. The number of piperidine rings is 1. The Morgan fingerprint density at radius 3 is 2.77 bits per heavy atom. The summed E-state index contributed by atoms with van der Waals surface area (Å²) >= 11 is 0. The van der Waals surface area contributed by atoms with Gasteiger partial charge in [-0.3, -0.25) is 15.6 Å². The number of hydrogen-bond acceptors (Lipinski definition) is 7. The fourth-order valence-electron chi connectivity index (χ4n) is 4.88. The number of nitrogens with one attached hydrogen (secondary N) is 3. The lowest BCUT2D eigenvalue weighted by Crippen LogP contribution is -2.46. The highest BCUT2D eigenvalue weighted by Gasteiger charge is 2.44. The number of carbonyl (C=O) groups excluding carboxylic acids is 1. The molecule has 5 N–H and O–H groups in total. The van der Waals surface area contributed by atoms with Crippen LogP contribution in [0.3, 0.4) is 0 Å². The van der Waals surface area contributed by atoms with Crippen LogP contribution in [0.25, 0.3) is 0 Å². The second-order valence-electron chi connectivity index (χ2n) is 9.03. The molecule has 1 atom stereocenters. The number of carbonyl (C=O) groups is 1. The number of nitrogens with zero attached hydrogens (tertiary/aromatic N) is 2. The van der Waals surface area contributed by atoms with Crippen LogP contribution in [0.5, 0.6) is 0 Å². The van der Waals surface area contributed by atoms with Crippen LogP contribution >= 0.6 is 0 Å². The quantitative estimate of drug-likeness (QED) is 0.381. The highest BCUT2D eigenvalue weighted by molar-refractivity contribution is 5.84. The molecule has 3 aliphatic heterocycles. The predicted octanol–water partition coefficient (Wildman–Crippen LogP) is 1.81. The molecule has 8 nitrogen and oxygen atoms in total. The topological polar surface area (TPSA) is 104 Å². The average Bonchev–Trinajstić information content (AvgIpc) is 3.13. The molecule has 2 saturated heterocycles. The maximum absolute atomic E-state index is 12.3. The number of nitrogens with two attached hydrogens (primary N) is 1. The van der Waals surface area contributed by atoms with Crippen LogP contribution in [-0.4, -0.2) is 48.9 Å². The molecule has 168 valence electrons. The lowest BCUT2D eigenvalue weighted by Gasteiger charge is -2.40. The highest BCUT2D eigenvalue weighted by atomic mass is 16.5. The van der Waals surface area contributed by atoms with Crippen molar-refractivity contribution in [3.63, 3.8) is 0 Å². The molecule has 8 heteroatoms. The Labute approximate surface area is 184 Å². The van der Waals surface area contributed by atoms with E-state index in [1.54, 1.807) is 6.34 Å². The van der Waals surface area contributed by atoms with Crippen molar-refractivity contribution in [2.24, 2.45) is 16.3 Å². The molecule has 0 saturated carbocycles. The Morgan fingerprint density at radius 2 is 2.13 bits per heavy atom. The van der Waals surface area contributed by atoms with Crippen LogP contribution < -0.4 is 21.9 Å². The Kier molecular flexibility index (Phi) is 6.09. The van der Waals surface area contributed by atoms with Crippen molar-refractivity contribution in [1.82, 2.24) is 21.0 Å². The summed E-state index contributed by atoms with van der Waals surface area (Å²) in [4.78, 5) is 19.2. The molecular formula is C23H34N6O2. The van der Waals surface area contributed by atoms with Gasteiger partial charge in [0.25, 0.3) is 0 Å². The number of amides is 1. The number of allylic oxidation sites excluding steroid dienone is 3.